The predicted molar refractivity (Wildman–Crippen MR) is 89.8 cm³/mol. The molecule has 1 aliphatic rings. The van der Waals surface area contributed by atoms with Gasteiger partial charge in [-0.25, -0.2) is 9.97 Å². The van der Waals surface area contributed by atoms with Crippen LogP contribution in [0.25, 0.3) is 11.0 Å². The van der Waals surface area contributed by atoms with Crippen LogP contribution >= 0.6 is 0 Å². The molecule has 6 heteroatoms. The van der Waals surface area contributed by atoms with Crippen molar-refractivity contribution < 1.29 is 9.47 Å². The van der Waals surface area contributed by atoms with Crippen LogP contribution in [0.3, 0.4) is 0 Å². The number of nitrogens with zero attached hydrogens (tertiary/aromatic N) is 3. The second-order valence-corrected chi connectivity index (χ2v) is 6.13. The fourth-order valence-electron chi connectivity index (χ4n) is 2.90. The third-order valence-corrected chi connectivity index (χ3v) is 4.20. The lowest BCUT2D eigenvalue weighted by Crippen LogP contribution is -2.43. The maximum Gasteiger partial charge on any atom is 0.233 e. The minimum Gasteiger partial charge on any atom is -0.497 e. The molecule has 2 N–H and O–H groups in total. The summed E-state index contributed by atoms with van der Waals surface area (Å²) in [7, 11) is 1.64. The minimum absolute atomic E-state index is 0.0571. The van der Waals surface area contributed by atoms with E-state index in [0.29, 0.717) is 11.9 Å². The predicted octanol–water partition coefficient (Wildman–Crippen LogP) is 1.83. The number of nitrogens with two attached hydrogens (primary N) is 1. The highest BCUT2D eigenvalue weighted by Gasteiger charge is 2.18. The highest BCUT2D eigenvalue weighted by Crippen LogP contribution is 2.20. The second-order valence-electron chi connectivity index (χ2n) is 6.13. The quantitative estimate of drug-likeness (QED) is 0.907. The first-order valence-corrected chi connectivity index (χ1v) is 8.09. The lowest BCUT2D eigenvalue weighted by atomic mass is 10.1. The number of rotatable bonds is 5. The molecule has 0 bridgehead atoms. The Labute approximate surface area is 136 Å². The molecule has 1 atom stereocenters. The number of likely N-dealkylation sites (tertiary alicyclic amines) is 1. The summed E-state index contributed by atoms with van der Waals surface area (Å²) in [5.41, 5.74) is 7.55. The summed E-state index contributed by atoms with van der Waals surface area (Å²) in [6.07, 6.45) is 3.85. The van der Waals surface area contributed by atoms with Crippen molar-refractivity contribution in [2.24, 2.45) is 5.73 Å². The molecule has 1 unspecified atom stereocenters. The molecule has 1 aromatic carbocycles. The maximum absolute atomic E-state index is 5.94. The molecule has 0 radical (unpaired) electrons. The van der Waals surface area contributed by atoms with Gasteiger partial charge in [0.05, 0.1) is 24.3 Å². The number of benzene rings is 1. The number of methoxy groups -OCH3 is 1. The van der Waals surface area contributed by atoms with Crippen molar-refractivity contribution in [1.29, 1.82) is 0 Å². The van der Waals surface area contributed by atoms with Gasteiger partial charge in [-0.1, -0.05) is 0 Å². The molecule has 1 aliphatic heterocycles. The molecular weight excluding hydrogens is 292 g/mol. The molecule has 2 aromatic rings. The van der Waals surface area contributed by atoms with E-state index in [0.717, 1.165) is 49.3 Å². The molecule has 0 saturated carbocycles. The summed E-state index contributed by atoms with van der Waals surface area (Å²) in [5, 5.41) is 0. The third kappa shape index (κ3) is 4.09. The number of piperidine rings is 1. The van der Waals surface area contributed by atoms with E-state index < -0.39 is 0 Å². The number of fused-ring (bicyclic) bond motifs is 1. The van der Waals surface area contributed by atoms with Crippen molar-refractivity contribution in [3.05, 3.63) is 24.4 Å². The van der Waals surface area contributed by atoms with Crippen LogP contribution in [0.1, 0.15) is 19.8 Å². The Hall–Kier alpha value is -1.92. The summed E-state index contributed by atoms with van der Waals surface area (Å²) < 4.78 is 11.2. The Morgan fingerprint density at radius 3 is 2.83 bits per heavy atom. The van der Waals surface area contributed by atoms with Crippen LogP contribution in [0.5, 0.6) is 11.6 Å². The van der Waals surface area contributed by atoms with Gasteiger partial charge >= 0.3 is 0 Å². The van der Waals surface area contributed by atoms with E-state index in [1.54, 1.807) is 13.3 Å². The first-order valence-electron chi connectivity index (χ1n) is 8.09. The number of aromatic nitrogens is 2. The van der Waals surface area contributed by atoms with Crippen LogP contribution in [-0.2, 0) is 0 Å². The average molecular weight is 316 g/mol. The van der Waals surface area contributed by atoms with Crippen LogP contribution in [0.2, 0.25) is 0 Å². The summed E-state index contributed by atoms with van der Waals surface area (Å²) in [6.45, 7) is 5.02. The molecular formula is C17H24N4O2. The van der Waals surface area contributed by atoms with Gasteiger partial charge < -0.3 is 15.2 Å². The Balaban J connectivity index is 1.63. The molecule has 6 nitrogen and oxygen atoms in total. The highest BCUT2D eigenvalue weighted by atomic mass is 16.5. The van der Waals surface area contributed by atoms with E-state index in [2.05, 4.69) is 21.8 Å². The van der Waals surface area contributed by atoms with E-state index in [-0.39, 0.29) is 6.10 Å². The standard InChI is InChI=1S/C17H24N4O2/c1-12(11-21-7-5-13(18)6-8-21)23-17-10-19-15-4-3-14(22-2)9-16(15)20-17/h3-4,9-10,12-13H,5-8,11,18H2,1-2H3. The maximum atomic E-state index is 5.94. The van der Waals surface area contributed by atoms with E-state index in [9.17, 15) is 0 Å². The Morgan fingerprint density at radius 2 is 2.09 bits per heavy atom. The number of ether oxygens (including phenoxy) is 2. The van der Waals surface area contributed by atoms with Gasteiger partial charge in [0, 0.05) is 18.7 Å². The molecule has 0 aliphatic carbocycles. The molecule has 3 rings (SSSR count). The average Bonchev–Trinajstić information content (AvgIpc) is 2.56. The van der Waals surface area contributed by atoms with Gasteiger partial charge in [-0.3, -0.25) is 4.90 Å². The topological polar surface area (TPSA) is 73.5 Å². The Kier molecular flexibility index (Phi) is 4.93. The summed E-state index contributed by atoms with van der Waals surface area (Å²) in [5.74, 6) is 1.31. The molecule has 0 amide bonds. The molecule has 1 fully saturated rings. The van der Waals surface area contributed by atoms with Crippen LogP contribution < -0.4 is 15.2 Å². The van der Waals surface area contributed by atoms with E-state index in [1.807, 2.05) is 18.2 Å². The van der Waals surface area contributed by atoms with Crippen molar-refractivity contribution >= 4 is 11.0 Å². The lowest BCUT2D eigenvalue weighted by molar-refractivity contribution is 0.122. The zero-order chi connectivity index (χ0) is 16.2. The molecule has 124 valence electrons. The fourth-order valence-corrected chi connectivity index (χ4v) is 2.90. The number of hydrogen-bond donors (Lipinski definition) is 1. The van der Waals surface area contributed by atoms with Gasteiger partial charge in [-0.2, -0.15) is 0 Å². The van der Waals surface area contributed by atoms with Gasteiger partial charge in [0.2, 0.25) is 5.88 Å². The van der Waals surface area contributed by atoms with E-state index in [4.69, 9.17) is 15.2 Å². The summed E-state index contributed by atoms with van der Waals surface area (Å²) in [6, 6.07) is 5.99. The van der Waals surface area contributed by atoms with Gasteiger partial charge in [-0.15, -0.1) is 0 Å². The Bertz CT molecular complexity index is 656. The first-order chi connectivity index (χ1) is 11.1. The normalized spacial score (nSPS) is 18.0. The molecule has 1 saturated heterocycles. The van der Waals surface area contributed by atoms with Crippen molar-refractivity contribution in [3.63, 3.8) is 0 Å². The molecule has 2 heterocycles. The van der Waals surface area contributed by atoms with Gasteiger partial charge in [0.15, 0.2) is 0 Å². The monoisotopic (exact) mass is 316 g/mol. The fraction of sp³-hybridized carbons (Fsp3) is 0.529. The zero-order valence-corrected chi connectivity index (χ0v) is 13.7. The number of hydrogen-bond acceptors (Lipinski definition) is 6. The van der Waals surface area contributed by atoms with E-state index >= 15 is 0 Å². The van der Waals surface area contributed by atoms with Crippen molar-refractivity contribution in [2.75, 3.05) is 26.7 Å². The van der Waals surface area contributed by atoms with Crippen molar-refractivity contribution in [1.82, 2.24) is 14.9 Å². The van der Waals surface area contributed by atoms with Gasteiger partial charge in [-0.05, 0) is 45.0 Å². The summed E-state index contributed by atoms with van der Waals surface area (Å²) in [4.78, 5) is 11.3. The molecule has 1 aromatic heterocycles. The van der Waals surface area contributed by atoms with Crippen LogP contribution in [0.15, 0.2) is 24.4 Å². The summed E-state index contributed by atoms with van der Waals surface area (Å²) >= 11 is 0. The van der Waals surface area contributed by atoms with Crippen molar-refractivity contribution in [2.45, 2.75) is 31.9 Å². The smallest absolute Gasteiger partial charge is 0.233 e. The third-order valence-electron chi connectivity index (χ3n) is 4.20. The highest BCUT2D eigenvalue weighted by molar-refractivity contribution is 5.76. The van der Waals surface area contributed by atoms with Gasteiger partial charge in [0.25, 0.3) is 0 Å². The van der Waals surface area contributed by atoms with E-state index in [1.165, 1.54) is 0 Å². The first kappa shape index (κ1) is 16.0. The van der Waals surface area contributed by atoms with Crippen LogP contribution in [0.4, 0.5) is 0 Å². The minimum atomic E-state index is 0.0571. The SMILES string of the molecule is COc1ccc2ncc(OC(C)CN3CCC(N)CC3)nc2c1. The molecule has 0 spiro atoms. The molecule has 23 heavy (non-hydrogen) atoms. The lowest BCUT2D eigenvalue weighted by Gasteiger charge is -2.31. The van der Waals surface area contributed by atoms with Crippen LogP contribution in [-0.4, -0.2) is 53.8 Å². The van der Waals surface area contributed by atoms with Gasteiger partial charge in [0.1, 0.15) is 11.9 Å². The zero-order valence-electron chi connectivity index (χ0n) is 13.7. The largest absolute Gasteiger partial charge is 0.497 e. The van der Waals surface area contributed by atoms with Crippen LogP contribution in [0, 0.1) is 0 Å². The van der Waals surface area contributed by atoms with Crippen molar-refractivity contribution in [3.8, 4) is 11.6 Å². The second kappa shape index (κ2) is 7.10. The Morgan fingerprint density at radius 1 is 1.30 bits per heavy atom.